The smallest absolute Gasteiger partial charge is 0.321 e. The fourth-order valence-electron chi connectivity index (χ4n) is 3.19. The van der Waals surface area contributed by atoms with E-state index in [2.05, 4.69) is 10.4 Å². The molecule has 5 nitrogen and oxygen atoms in total. The number of nitrogens with one attached hydrogen (secondary N) is 1. The summed E-state index contributed by atoms with van der Waals surface area (Å²) >= 11 is 0. The molecule has 8 heteroatoms. The molecule has 2 fully saturated rings. The zero-order chi connectivity index (χ0) is 17.4. The molecule has 1 spiro atoms. The van der Waals surface area contributed by atoms with Gasteiger partial charge < -0.3 is 5.32 Å². The lowest BCUT2D eigenvalue weighted by molar-refractivity contribution is -0.137. The highest BCUT2D eigenvalue weighted by molar-refractivity contribution is 6.07. The number of benzene rings is 1. The second-order valence-electron chi connectivity index (χ2n) is 6.02. The first-order chi connectivity index (χ1) is 11.3. The van der Waals surface area contributed by atoms with Crippen molar-refractivity contribution in [1.82, 2.24) is 10.3 Å². The molecule has 24 heavy (non-hydrogen) atoms. The van der Waals surface area contributed by atoms with Crippen LogP contribution < -0.4 is 5.32 Å². The Morgan fingerprint density at radius 3 is 2.46 bits per heavy atom. The molecule has 1 saturated carbocycles. The summed E-state index contributed by atoms with van der Waals surface area (Å²) in [6.07, 6.45) is 0.0617. The molecular weight excluding hydrogens is 323 g/mol. The number of hydrogen-bond acceptors (Lipinski definition) is 3. The van der Waals surface area contributed by atoms with E-state index in [1.54, 1.807) is 0 Å². The van der Waals surface area contributed by atoms with Crippen LogP contribution in [0.2, 0.25) is 0 Å². The van der Waals surface area contributed by atoms with Gasteiger partial charge in [-0.25, -0.2) is 4.79 Å². The number of imide groups is 1. The Morgan fingerprint density at radius 1 is 1.12 bits per heavy atom. The van der Waals surface area contributed by atoms with E-state index < -0.39 is 29.2 Å². The van der Waals surface area contributed by atoms with Crippen LogP contribution in [0.1, 0.15) is 43.2 Å². The van der Waals surface area contributed by atoms with Crippen molar-refractivity contribution in [2.24, 2.45) is 5.10 Å². The first-order valence-corrected chi connectivity index (χ1v) is 7.70. The van der Waals surface area contributed by atoms with Crippen molar-refractivity contribution in [2.75, 3.05) is 0 Å². The predicted octanol–water partition coefficient (Wildman–Crippen LogP) is 3.29. The maximum Gasteiger partial charge on any atom is 0.417 e. The zero-order valence-electron chi connectivity index (χ0n) is 12.8. The van der Waals surface area contributed by atoms with Crippen LogP contribution in [0.3, 0.4) is 0 Å². The van der Waals surface area contributed by atoms with Gasteiger partial charge in [0.1, 0.15) is 5.54 Å². The molecule has 3 amide bonds. The Hall–Kier alpha value is -2.38. The number of halogens is 3. The quantitative estimate of drug-likeness (QED) is 0.664. The summed E-state index contributed by atoms with van der Waals surface area (Å²) in [5, 5.41) is 7.02. The first kappa shape index (κ1) is 16.5. The fourth-order valence-corrected chi connectivity index (χ4v) is 3.19. The lowest BCUT2D eigenvalue weighted by Gasteiger charge is -2.29. The Labute approximate surface area is 136 Å². The molecule has 0 unspecified atom stereocenters. The number of urea groups is 1. The highest BCUT2D eigenvalue weighted by atomic mass is 19.4. The van der Waals surface area contributed by atoms with Crippen molar-refractivity contribution >= 4 is 18.2 Å². The van der Waals surface area contributed by atoms with Crippen molar-refractivity contribution in [1.29, 1.82) is 0 Å². The third-order valence-corrected chi connectivity index (χ3v) is 4.43. The number of carbonyl (C=O) groups excluding carboxylic acids is 2. The van der Waals surface area contributed by atoms with Crippen LogP contribution in [0.25, 0.3) is 0 Å². The second-order valence-corrected chi connectivity index (χ2v) is 6.02. The number of hydrazone groups is 1. The number of nitrogens with zero attached hydrogens (tertiary/aromatic N) is 2. The Balaban J connectivity index is 1.85. The number of rotatable bonds is 2. The Morgan fingerprint density at radius 2 is 1.79 bits per heavy atom. The molecule has 1 aliphatic heterocycles. The van der Waals surface area contributed by atoms with E-state index in [1.807, 2.05) is 0 Å². The molecule has 2 aliphatic rings. The van der Waals surface area contributed by atoms with Crippen molar-refractivity contribution in [3.63, 3.8) is 0 Å². The van der Waals surface area contributed by atoms with E-state index in [0.29, 0.717) is 17.9 Å². The van der Waals surface area contributed by atoms with E-state index in [-0.39, 0.29) is 5.56 Å². The van der Waals surface area contributed by atoms with E-state index in [4.69, 9.17) is 0 Å². The molecule has 0 atom stereocenters. The molecule has 0 bridgehead atoms. The van der Waals surface area contributed by atoms with Gasteiger partial charge in [-0.1, -0.05) is 37.5 Å². The van der Waals surface area contributed by atoms with Gasteiger partial charge >= 0.3 is 12.2 Å². The molecule has 1 N–H and O–H groups in total. The summed E-state index contributed by atoms with van der Waals surface area (Å²) < 4.78 is 38.9. The average molecular weight is 339 g/mol. The summed E-state index contributed by atoms with van der Waals surface area (Å²) in [6.45, 7) is 0. The molecule has 0 aromatic heterocycles. The van der Waals surface area contributed by atoms with Crippen molar-refractivity contribution in [3.05, 3.63) is 35.4 Å². The van der Waals surface area contributed by atoms with Gasteiger partial charge in [-0.15, -0.1) is 5.01 Å². The van der Waals surface area contributed by atoms with Crippen LogP contribution in [0.4, 0.5) is 18.0 Å². The monoisotopic (exact) mass is 339 g/mol. The highest BCUT2D eigenvalue weighted by Crippen LogP contribution is 2.34. The van der Waals surface area contributed by atoms with E-state index in [1.165, 1.54) is 18.2 Å². The largest absolute Gasteiger partial charge is 0.417 e. The minimum Gasteiger partial charge on any atom is -0.321 e. The lowest BCUT2D eigenvalue weighted by Crippen LogP contribution is -2.48. The van der Waals surface area contributed by atoms with Crippen molar-refractivity contribution < 1.29 is 22.8 Å². The maximum absolute atomic E-state index is 13.0. The van der Waals surface area contributed by atoms with Crippen molar-refractivity contribution in [2.45, 2.75) is 43.8 Å². The number of alkyl halides is 3. The van der Waals surface area contributed by atoms with E-state index in [0.717, 1.165) is 31.5 Å². The number of amides is 3. The topological polar surface area (TPSA) is 61.8 Å². The molecule has 1 saturated heterocycles. The molecule has 128 valence electrons. The predicted molar refractivity (Wildman–Crippen MR) is 80.2 cm³/mol. The normalized spacial score (nSPS) is 20.9. The number of hydrogen-bond donors (Lipinski definition) is 1. The van der Waals surface area contributed by atoms with Crippen LogP contribution in [-0.4, -0.2) is 28.7 Å². The highest BCUT2D eigenvalue weighted by Gasteiger charge is 2.51. The van der Waals surface area contributed by atoms with Crippen LogP contribution >= 0.6 is 0 Å². The van der Waals surface area contributed by atoms with Gasteiger partial charge in [-0.3, -0.25) is 4.79 Å². The second kappa shape index (κ2) is 5.92. The Kier molecular flexibility index (Phi) is 4.06. The summed E-state index contributed by atoms with van der Waals surface area (Å²) in [5.74, 6) is -0.493. The van der Waals surface area contributed by atoms with E-state index in [9.17, 15) is 22.8 Å². The van der Waals surface area contributed by atoms with Gasteiger partial charge in [0, 0.05) is 5.56 Å². The van der Waals surface area contributed by atoms with Crippen molar-refractivity contribution in [3.8, 4) is 0 Å². The third-order valence-electron chi connectivity index (χ3n) is 4.43. The molecular formula is C16H16F3N3O2. The van der Waals surface area contributed by atoms with Crippen LogP contribution in [0, 0.1) is 0 Å². The van der Waals surface area contributed by atoms with Crippen LogP contribution in [0.15, 0.2) is 29.4 Å². The SMILES string of the molecule is O=C1NC2(CCCCC2)C(=O)N1/N=C\c1ccccc1C(F)(F)F. The van der Waals surface area contributed by atoms with Gasteiger partial charge in [-0.05, 0) is 18.9 Å². The lowest BCUT2D eigenvalue weighted by atomic mass is 9.82. The molecule has 1 aromatic rings. The fraction of sp³-hybridized carbons (Fsp3) is 0.438. The minimum absolute atomic E-state index is 0.199. The summed E-state index contributed by atoms with van der Waals surface area (Å²) in [5.41, 5.74) is -2.01. The standard InChI is InChI=1S/C16H16F3N3O2/c17-16(18,19)12-7-3-2-6-11(12)10-20-22-13(23)15(21-14(22)24)8-4-1-5-9-15/h2-3,6-7,10H,1,4-5,8-9H2,(H,21,24)/b20-10-. The molecule has 1 aromatic carbocycles. The molecule has 0 radical (unpaired) electrons. The molecule has 1 aliphatic carbocycles. The Bertz CT molecular complexity index is 694. The van der Waals surface area contributed by atoms with Gasteiger partial charge in [-0.2, -0.15) is 18.3 Å². The summed E-state index contributed by atoms with van der Waals surface area (Å²) in [4.78, 5) is 24.5. The minimum atomic E-state index is -4.54. The first-order valence-electron chi connectivity index (χ1n) is 7.70. The summed E-state index contributed by atoms with van der Waals surface area (Å²) in [6, 6.07) is 4.18. The van der Waals surface area contributed by atoms with Crippen LogP contribution in [-0.2, 0) is 11.0 Å². The maximum atomic E-state index is 13.0. The van der Waals surface area contributed by atoms with Gasteiger partial charge in [0.25, 0.3) is 5.91 Å². The van der Waals surface area contributed by atoms with Gasteiger partial charge in [0.05, 0.1) is 11.8 Å². The average Bonchev–Trinajstić information content (AvgIpc) is 2.76. The molecule has 3 rings (SSSR count). The van der Waals surface area contributed by atoms with E-state index >= 15 is 0 Å². The van der Waals surface area contributed by atoms with Gasteiger partial charge in [0.2, 0.25) is 0 Å². The number of carbonyl (C=O) groups is 2. The van der Waals surface area contributed by atoms with Gasteiger partial charge in [0.15, 0.2) is 0 Å². The van der Waals surface area contributed by atoms with Crippen LogP contribution in [0.5, 0.6) is 0 Å². The third kappa shape index (κ3) is 2.88. The molecule has 1 heterocycles. The summed E-state index contributed by atoms with van der Waals surface area (Å²) in [7, 11) is 0. The zero-order valence-corrected chi connectivity index (χ0v) is 12.8.